The van der Waals surface area contributed by atoms with E-state index in [-0.39, 0.29) is 17.9 Å². The summed E-state index contributed by atoms with van der Waals surface area (Å²) in [6.07, 6.45) is 0. The Bertz CT molecular complexity index is 965. The van der Waals surface area contributed by atoms with Gasteiger partial charge in [0.1, 0.15) is 18.0 Å². The molecule has 0 aliphatic carbocycles. The van der Waals surface area contributed by atoms with Crippen LogP contribution in [0.15, 0.2) is 57.7 Å². The Morgan fingerprint density at radius 3 is 2.75 bits per heavy atom. The zero-order valence-corrected chi connectivity index (χ0v) is 13.6. The minimum atomic E-state index is -0.297. The number of rotatable bonds is 4. The van der Waals surface area contributed by atoms with E-state index in [0.717, 1.165) is 0 Å². The number of carbonyl (C=O) groups excluding carboxylic acids is 1. The van der Waals surface area contributed by atoms with Crippen LogP contribution >= 0.6 is 11.6 Å². The standard InChI is InChI=1S/C18H14ClNO4/c1-23-10-18(22)20-11-6-7-16-13(8-11)15(21)9-17(24-16)12-4-2-3-5-14(12)19/h2-9H,10H2,1H3,(H,20,22). The second kappa shape index (κ2) is 6.86. The summed E-state index contributed by atoms with van der Waals surface area (Å²) >= 11 is 6.15. The summed E-state index contributed by atoms with van der Waals surface area (Å²) in [6.45, 7) is -0.0575. The molecule has 1 aromatic heterocycles. The molecule has 0 unspecified atom stereocenters. The van der Waals surface area contributed by atoms with E-state index in [9.17, 15) is 9.59 Å². The van der Waals surface area contributed by atoms with E-state index >= 15 is 0 Å². The fraction of sp³-hybridized carbons (Fsp3) is 0.111. The van der Waals surface area contributed by atoms with E-state index in [0.29, 0.717) is 33.0 Å². The molecule has 122 valence electrons. The lowest BCUT2D eigenvalue weighted by atomic mass is 10.1. The van der Waals surface area contributed by atoms with Gasteiger partial charge in [-0.05, 0) is 30.3 Å². The summed E-state index contributed by atoms with van der Waals surface area (Å²) in [5.74, 6) is 0.100. The van der Waals surface area contributed by atoms with Crippen molar-refractivity contribution in [2.75, 3.05) is 19.0 Å². The van der Waals surface area contributed by atoms with Gasteiger partial charge in [0, 0.05) is 24.4 Å². The number of hydrogen-bond donors (Lipinski definition) is 1. The number of benzene rings is 2. The Kier molecular flexibility index (Phi) is 4.64. The van der Waals surface area contributed by atoms with Gasteiger partial charge in [-0.2, -0.15) is 0 Å². The second-order valence-electron chi connectivity index (χ2n) is 5.15. The fourth-order valence-corrected chi connectivity index (χ4v) is 2.58. The third-order valence-corrected chi connectivity index (χ3v) is 3.76. The van der Waals surface area contributed by atoms with Gasteiger partial charge in [0.15, 0.2) is 5.43 Å². The molecule has 0 fully saturated rings. The van der Waals surface area contributed by atoms with Gasteiger partial charge in [0.25, 0.3) is 0 Å². The van der Waals surface area contributed by atoms with Crippen molar-refractivity contribution < 1.29 is 13.9 Å². The highest BCUT2D eigenvalue weighted by Gasteiger charge is 2.11. The van der Waals surface area contributed by atoms with Gasteiger partial charge in [-0.25, -0.2) is 0 Å². The SMILES string of the molecule is COCC(=O)Nc1ccc2oc(-c3ccccc3Cl)cc(=O)c2c1. The lowest BCUT2D eigenvalue weighted by Gasteiger charge is -2.07. The van der Waals surface area contributed by atoms with Crippen molar-refractivity contribution in [2.24, 2.45) is 0 Å². The fourth-order valence-electron chi connectivity index (χ4n) is 2.36. The highest BCUT2D eigenvalue weighted by molar-refractivity contribution is 6.33. The first-order valence-corrected chi connectivity index (χ1v) is 7.58. The molecule has 6 heteroatoms. The van der Waals surface area contributed by atoms with Crippen molar-refractivity contribution in [3.05, 3.63) is 63.8 Å². The first-order valence-electron chi connectivity index (χ1n) is 7.20. The Morgan fingerprint density at radius 2 is 2.00 bits per heavy atom. The van der Waals surface area contributed by atoms with Crippen LogP contribution < -0.4 is 10.7 Å². The maximum absolute atomic E-state index is 12.4. The van der Waals surface area contributed by atoms with Crippen LogP contribution in [0.4, 0.5) is 5.69 Å². The van der Waals surface area contributed by atoms with E-state index in [1.54, 1.807) is 36.4 Å². The van der Waals surface area contributed by atoms with E-state index in [4.69, 9.17) is 20.8 Å². The van der Waals surface area contributed by atoms with Gasteiger partial charge in [-0.15, -0.1) is 0 Å². The molecule has 0 saturated heterocycles. The monoisotopic (exact) mass is 343 g/mol. The molecule has 1 N–H and O–H groups in total. The number of anilines is 1. The third kappa shape index (κ3) is 3.32. The van der Waals surface area contributed by atoms with Gasteiger partial charge in [-0.1, -0.05) is 23.7 Å². The number of methoxy groups -OCH3 is 1. The predicted octanol–water partition coefficient (Wildman–Crippen LogP) is 3.70. The molecule has 0 bridgehead atoms. The first kappa shape index (κ1) is 16.2. The van der Waals surface area contributed by atoms with Crippen molar-refractivity contribution in [3.63, 3.8) is 0 Å². The molecule has 0 aliphatic rings. The number of hydrogen-bond acceptors (Lipinski definition) is 4. The maximum atomic E-state index is 12.4. The molecule has 24 heavy (non-hydrogen) atoms. The zero-order valence-electron chi connectivity index (χ0n) is 12.8. The second-order valence-corrected chi connectivity index (χ2v) is 5.55. The summed E-state index contributed by atoms with van der Waals surface area (Å²) in [5, 5.41) is 3.53. The lowest BCUT2D eigenvalue weighted by molar-refractivity contribution is -0.119. The Labute approximate surface area is 142 Å². The van der Waals surface area contributed by atoms with E-state index in [2.05, 4.69) is 5.32 Å². The van der Waals surface area contributed by atoms with Crippen molar-refractivity contribution >= 4 is 34.2 Å². The van der Waals surface area contributed by atoms with E-state index < -0.39 is 0 Å². The number of carbonyl (C=O) groups is 1. The molecule has 0 aliphatic heterocycles. The van der Waals surface area contributed by atoms with Gasteiger partial charge >= 0.3 is 0 Å². The van der Waals surface area contributed by atoms with Crippen LogP contribution in [0.5, 0.6) is 0 Å². The molecule has 0 radical (unpaired) electrons. The summed E-state index contributed by atoms with van der Waals surface area (Å²) in [4.78, 5) is 24.0. The molecular formula is C18H14ClNO4. The predicted molar refractivity (Wildman–Crippen MR) is 93.4 cm³/mol. The lowest BCUT2D eigenvalue weighted by Crippen LogP contribution is -2.17. The molecule has 0 spiro atoms. The zero-order chi connectivity index (χ0) is 17.1. The summed E-state index contributed by atoms with van der Waals surface area (Å²) in [7, 11) is 1.44. The summed E-state index contributed by atoms with van der Waals surface area (Å²) in [6, 6.07) is 13.4. The third-order valence-electron chi connectivity index (χ3n) is 3.43. The van der Waals surface area contributed by atoms with Crippen molar-refractivity contribution in [3.8, 4) is 11.3 Å². The summed E-state index contributed by atoms with van der Waals surface area (Å²) in [5.41, 5.74) is 1.36. The van der Waals surface area contributed by atoms with Crippen LogP contribution in [0.25, 0.3) is 22.3 Å². The van der Waals surface area contributed by atoms with Crippen molar-refractivity contribution in [1.29, 1.82) is 0 Å². The van der Waals surface area contributed by atoms with Gasteiger partial charge in [0.2, 0.25) is 5.91 Å². The molecule has 0 saturated carbocycles. The Balaban J connectivity index is 2.03. The van der Waals surface area contributed by atoms with Crippen LogP contribution in [0.2, 0.25) is 5.02 Å². The highest BCUT2D eigenvalue weighted by Crippen LogP contribution is 2.29. The van der Waals surface area contributed by atoms with Crippen LogP contribution in [0.1, 0.15) is 0 Å². The molecule has 3 rings (SSSR count). The van der Waals surface area contributed by atoms with Crippen molar-refractivity contribution in [1.82, 2.24) is 0 Å². The van der Waals surface area contributed by atoms with Gasteiger partial charge in [0.05, 0.1) is 10.4 Å². The minimum Gasteiger partial charge on any atom is -0.456 e. The number of nitrogens with one attached hydrogen (secondary N) is 1. The average Bonchev–Trinajstić information content (AvgIpc) is 2.56. The minimum absolute atomic E-state index is 0.0575. The molecule has 1 amide bonds. The average molecular weight is 344 g/mol. The van der Waals surface area contributed by atoms with E-state index in [1.807, 2.05) is 6.07 Å². The van der Waals surface area contributed by atoms with Crippen LogP contribution in [-0.4, -0.2) is 19.6 Å². The Morgan fingerprint density at radius 1 is 1.21 bits per heavy atom. The normalized spacial score (nSPS) is 10.8. The first-order chi connectivity index (χ1) is 11.6. The molecular weight excluding hydrogens is 330 g/mol. The van der Waals surface area contributed by atoms with Gasteiger partial charge in [-0.3, -0.25) is 9.59 Å². The number of halogens is 1. The number of fused-ring (bicyclic) bond motifs is 1. The van der Waals surface area contributed by atoms with Crippen LogP contribution in [0.3, 0.4) is 0 Å². The van der Waals surface area contributed by atoms with Crippen molar-refractivity contribution in [2.45, 2.75) is 0 Å². The van der Waals surface area contributed by atoms with Gasteiger partial charge < -0.3 is 14.5 Å². The molecule has 5 nitrogen and oxygen atoms in total. The smallest absolute Gasteiger partial charge is 0.250 e. The maximum Gasteiger partial charge on any atom is 0.250 e. The molecule has 1 heterocycles. The Hall–Kier alpha value is -2.63. The molecule has 2 aromatic carbocycles. The van der Waals surface area contributed by atoms with Crippen LogP contribution in [0, 0.1) is 0 Å². The topological polar surface area (TPSA) is 68.5 Å². The highest BCUT2D eigenvalue weighted by atomic mass is 35.5. The molecule has 3 aromatic rings. The summed E-state index contributed by atoms with van der Waals surface area (Å²) < 4.78 is 10.6. The molecule has 0 atom stereocenters. The number of ether oxygens (including phenoxy) is 1. The largest absolute Gasteiger partial charge is 0.456 e. The van der Waals surface area contributed by atoms with Crippen LogP contribution in [-0.2, 0) is 9.53 Å². The van der Waals surface area contributed by atoms with E-state index in [1.165, 1.54) is 13.2 Å². The number of amides is 1. The quantitative estimate of drug-likeness (QED) is 0.784.